The molecule has 0 fully saturated rings. The Kier molecular flexibility index (Phi) is 9.17. The van der Waals surface area contributed by atoms with Gasteiger partial charge in [-0.1, -0.05) is 23.5 Å². The van der Waals surface area contributed by atoms with Gasteiger partial charge in [0.1, 0.15) is 0 Å². The molecule has 0 atom stereocenters. The van der Waals surface area contributed by atoms with Gasteiger partial charge in [-0.3, -0.25) is 9.59 Å². The molecule has 3 rings (SSSR count). The third-order valence-corrected chi connectivity index (χ3v) is 9.15. The minimum atomic E-state index is -3.96. The number of esters is 1. The molecule has 0 spiro atoms. The van der Waals surface area contributed by atoms with Crippen molar-refractivity contribution in [3.05, 3.63) is 78.1 Å². The number of benzene rings is 2. The number of carbonyl (C=O) groups is 2. The van der Waals surface area contributed by atoms with Crippen LogP contribution in [0.25, 0.3) is 10.2 Å². The summed E-state index contributed by atoms with van der Waals surface area (Å²) in [4.78, 5) is 29.0. The first kappa shape index (κ1) is 29.1. The lowest BCUT2D eigenvalue weighted by Crippen LogP contribution is -2.31. The maximum atomic E-state index is 13.0. The van der Waals surface area contributed by atoms with Gasteiger partial charge in [0.2, 0.25) is 20.0 Å². The second-order valence-electron chi connectivity index (χ2n) is 7.88. The third-order valence-electron chi connectivity index (χ3n) is 5.35. The standard InChI is InChI=1S/C24H26N4O7S3/c1-4-13-27(14-5-2)38(33,34)18-8-6-17(7-9-18)23(30)26-24-28(15-12-22(29)35-3)20-11-10-19(37(25,31)32)16-21(20)36-24/h4-11,16H,1-2,12-15H2,3H3,(H2,25,31,32). The van der Waals surface area contributed by atoms with E-state index >= 15 is 0 Å². The highest BCUT2D eigenvalue weighted by atomic mass is 32.2. The Morgan fingerprint density at radius 1 is 1.05 bits per heavy atom. The molecule has 0 bridgehead atoms. The maximum Gasteiger partial charge on any atom is 0.307 e. The van der Waals surface area contributed by atoms with Crippen LogP contribution in [0.1, 0.15) is 16.8 Å². The van der Waals surface area contributed by atoms with Crippen LogP contribution in [0.5, 0.6) is 0 Å². The van der Waals surface area contributed by atoms with Crippen molar-refractivity contribution < 1.29 is 31.2 Å². The first-order valence-corrected chi connectivity index (χ1v) is 14.9. The van der Waals surface area contributed by atoms with Gasteiger partial charge >= 0.3 is 5.97 Å². The molecule has 1 aromatic heterocycles. The number of ether oxygens (including phenoxy) is 1. The summed E-state index contributed by atoms with van der Waals surface area (Å²) in [5.41, 5.74) is 0.675. The number of nitrogens with zero attached hydrogens (tertiary/aromatic N) is 3. The normalized spacial score (nSPS) is 12.6. The summed E-state index contributed by atoms with van der Waals surface area (Å²) < 4.78 is 57.3. The van der Waals surface area contributed by atoms with E-state index < -0.39 is 31.9 Å². The van der Waals surface area contributed by atoms with E-state index in [0.717, 1.165) is 11.3 Å². The number of aromatic nitrogens is 1. The molecule has 0 aliphatic rings. The van der Waals surface area contributed by atoms with Crippen LogP contribution in [0.15, 0.2) is 82.6 Å². The molecule has 3 aromatic rings. The van der Waals surface area contributed by atoms with E-state index in [9.17, 15) is 26.4 Å². The van der Waals surface area contributed by atoms with Crippen LogP contribution < -0.4 is 9.94 Å². The van der Waals surface area contributed by atoms with Crippen LogP contribution in [0.4, 0.5) is 0 Å². The van der Waals surface area contributed by atoms with Crippen LogP contribution in [-0.4, -0.2) is 57.8 Å². The summed E-state index contributed by atoms with van der Waals surface area (Å²) >= 11 is 1.04. The molecule has 11 nitrogen and oxygen atoms in total. The van der Waals surface area contributed by atoms with E-state index in [2.05, 4.69) is 18.2 Å². The van der Waals surface area contributed by atoms with E-state index in [1.165, 1.54) is 66.0 Å². The van der Waals surface area contributed by atoms with Crippen molar-refractivity contribution in [3.63, 3.8) is 0 Å². The SMILES string of the molecule is C=CCN(CC=C)S(=O)(=O)c1ccc(C(=O)N=c2sc3cc(S(N)(=O)=O)ccc3n2CCC(=O)OC)cc1. The van der Waals surface area contributed by atoms with Gasteiger partial charge in [-0.2, -0.15) is 9.30 Å². The quantitative estimate of drug-likeness (QED) is 0.269. The number of sulfonamides is 2. The number of primary sulfonamides is 1. The van der Waals surface area contributed by atoms with Crippen molar-refractivity contribution in [1.82, 2.24) is 8.87 Å². The molecule has 202 valence electrons. The monoisotopic (exact) mass is 578 g/mol. The minimum absolute atomic E-state index is 0.0109. The smallest absolute Gasteiger partial charge is 0.307 e. The molecule has 0 aliphatic heterocycles. The van der Waals surface area contributed by atoms with E-state index in [1.807, 2.05) is 0 Å². The van der Waals surface area contributed by atoms with Crippen molar-refractivity contribution >= 4 is 53.5 Å². The number of amides is 1. The molecular weight excluding hydrogens is 552 g/mol. The predicted molar refractivity (Wildman–Crippen MR) is 143 cm³/mol. The van der Waals surface area contributed by atoms with Crippen molar-refractivity contribution in [2.24, 2.45) is 10.1 Å². The van der Waals surface area contributed by atoms with Crippen LogP contribution in [0.2, 0.25) is 0 Å². The first-order valence-electron chi connectivity index (χ1n) is 11.1. The lowest BCUT2D eigenvalue weighted by atomic mass is 10.2. The van der Waals surface area contributed by atoms with Gasteiger partial charge in [-0.25, -0.2) is 22.0 Å². The number of nitrogens with two attached hydrogens (primary N) is 1. The molecule has 2 aromatic carbocycles. The zero-order chi connectivity index (χ0) is 28.1. The third kappa shape index (κ3) is 6.52. The summed E-state index contributed by atoms with van der Waals surface area (Å²) in [7, 11) is -6.55. The molecule has 0 saturated heterocycles. The Balaban J connectivity index is 2.03. The van der Waals surface area contributed by atoms with Gasteiger partial charge in [0.25, 0.3) is 5.91 Å². The van der Waals surface area contributed by atoms with E-state index in [4.69, 9.17) is 9.88 Å². The number of carbonyl (C=O) groups excluding carboxylic acids is 2. The largest absolute Gasteiger partial charge is 0.469 e. The lowest BCUT2D eigenvalue weighted by Gasteiger charge is -2.19. The Bertz CT molecular complexity index is 1660. The predicted octanol–water partition coefficient (Wildman–Crippen LogP) is 2.02. The average molecular weight is 579 g/mol. The Morgan fingerprint density at radius 3 is 2.21 bits per heavy atom. The Morgan fingerprint density at radius 2 is 1.66 bits per heavy atom. The number of hydrogen-bond donors (Lipinski definition) is 1. The van der Waals surface area contributed by atoms with E-state index in [1.54, 1.807) is 4.57 Å². The molecule has 0 radical (unpaired) electrons. The first-order chi connectivity index (χ1) is 17.9. The van der Waals surface area contributed by atoms with Crippen molar-refractivity contribution in [2.75, 3.05) is 20.2 Å². The van der Waals surface area contributed by atoms with E-state index in [0.29, 0.717) is 10.2 Å². The zero-order valence-electron chi connectivity index (χ0n) is 20.4. The lowest BCUT2D eigenvalue weighted by molar-refractivity contribution is -0.140. The number of aryl methyl sites for hydroxylation is 1. The highest BCUT2D eigenvalue weighted by Crippen LogP contribution is 2.22. The number of fused-ring (bicyclic) bond motifs is 1. The molecule has 1 heterocycles. The summed E-state index contributed by atoms with van der Waals surface area (Å²) in [6.45, 7) is 7.45. The molecular formula is C24H26N4O7S3. The van der Waals surface area contributed by atoms with Crippen LogP contribution >= 0.6 is 11.3 Å². The Hall–Kier alpha value is -3.43. The fourth-order valence-corrected chi connectivity index (χ4v) is 6.56. The second-order valence-corrected chi connectivity index (χ2v) is 12.4. The summed E-state index contributed by atoms with van der Waals surface area (Å²) in [6, 6.07) is 9.53. The topological polar surface area (TPSA) is 158 Å². The van der Waals surface area contributed by atoms with Gasteiger partial charge in [-0.15, -0.1) is 13.2 Å². The number of hydrogen-bond acceptors (Lipinski definition) is 8. The minimum Gasteiger partial charge on any atom is -0.469 e. The van der Waals surface area contributed by atoms with Crippen molar-refractivity contribution in [2.45, 2.75) is 22.8 Å². The summed E-state index contributed by atoms with van der Waals surface area (Å²) in [5, 5.41) is 5.24. The van der Waals surface area contributed by atoms with E-state index in [-0.39, 0.29) is 46.2 Å². The molecule has 0 saturated carbocycles. The molecule has 38 heavy (non-hydrogen) atoms. The molecule has 0 aliphatic carbocycles. The van der Waals surface area contributed by atoms with Gasteiger partial charge in [0.05, 0.1) is 33.5 Å². The maximum absolute atomic E-state index is 13.0. The zero-order valence-corrected chi connectivity index (χ0v) is 22.9. The second kappa shape index (κ2) is 12.0. The highest BCUT2D eigenvalue weighted by molar-refractivity contribution is 7.89. The van der Waals surface area contributed by atoms with Crippen LogP contribution in [0, 0.1) is 0 Å². The highest BCUT2D eigenvalue weighted by Gasteiger charge is 2.23. The van der Waals surface area contributed by atoms with Gasteiger partial charge in [0.15, 0.2) is 4.80 Å². The fourth-order valence-electron chi connectivity index (χ4n) is 3.47. The molecule has 2 N–H and O–H groups in total. The summed E-state index contributed by atoms with van der Waals surface area (Å²) in [6.07, 6.45) is 2.91. The number of rotatable bonds is 11. The van der Waals surface area contributed by atoms with Crippen LogP contribution in [0.3, 0.4) is 0 Å². The van der Waals surface area contributed by atoms with Crippen molar-refractivity contribution in [1.29, 1.82) is 0 Å². The van der Waals surface area contributed by atoms with Gasteiger partial charge in [-0.05, 0) is 42.5 Å². The van der Waals surface area contributed by atoms with Crippen LogP contribution in [-0.2, 0) is 36.1 Å². The number of thiazole rings is 1. The molecule has 14 heteroatoms. The number of methoxy groups -OCH3 is 1. The van der Waals surface area contributed by atoms with Gasteiger partial charge < -0.3 is 9.30 Å². The van der Waals surface area contributed by atoms with Crippen molar-refractivity contribution in [3.8, 4) is 0 Å². The summed E-state index contributed by atoms with van der Waals surface area (Å²) in [5.74, 6) is -1.14. The average Bonchev–Trinajstić information content (AvgIpc) is 3.22. The molecule has 1 amide bonds. The van der Waals surface area contributed by atoms with Gasteiger partial charge in [0, 0.05) is 25.2 Å². The Labute approximate surface area is 224 Å². The molecule has 0 unspecified atom stereocenters. The fraction of sp³-hybridized carbons (Fsp3) is 0.208.